The van der Waals surface area contributed by atoms with Gasteiger partial charge in [0, 0.05) is 0 Å². The van der Waals surface area contributed by atoms with Gasteiger partial charge < -0.3 is 115 Å². The third-order valence-corrected chi connectivity index (χ3v) is 9.92. The molecule has 0 aliphatic heterocycles. The number of rotatable bonds is 6. The van der Waals surface area contributed by atoms with E-state index in [2.05, 4.69) is 0 Å². The first-order valence-electron chi connectivity index (χ1n) is 9.71. The molecule has 0 saturated carbocycles. The number of benzene rings is 3. The summed E-state index contributed by atoms with van der Waals surface area (Å²) in [5.41, 5.74) is 0. The van der Waals surface area contributed by atoms with E-state index >= 15 is 0 Å². The minimum Gasteiger partial charge on any atom is -0.744 e. The fraction of sp³-hybridized carbons (Fsp3) is 0. The number of hydrogen-bond donors (Lipinski definition) is 0. The Bertz CT molecular complexity index is 1750. The zero-order valence-corrected chi connectivity index (χ0v) is 38.5. The van der Waals surface area contributed by atoms with E-state index in [9.17, 15) is 77.8 Å². The molecule has 0 spiro atoms. The molecule has 0 aliphatic carbocycles. The largest absolute Gasteiger partial charge is 3.00 e. The van der Waals surface area contributed by atoms with Crippen LogP contribution in [0.3, 0.4) is 0 Å². The Morgan fingerprint density at radius 2 is 0.300 bits per heavy atom. The van der Waals surface area contributed by atoms with Crippen molar-refractivity contribution in [2.24, 2.45) is 0 Å². The molecule has 374 valence electrons. The summed E-state index contributed by atoms with van der Waals surface area (Å²) in [7, 11) is -29.7. The van der Waals surface area contributed by atoms with Crippen LogP contribution >= 0.6 is 0 Å². The van der Waals surface area contributed by atoms with Gasteiger partial charge in [0.25, 0.3) is 0 Å². The fourth-order valence-corrected chi connectivity index (χ4v) is 7.78. The van der Waals surface area contributed by atoms with E-state index in [4.69, 9.17) is 0 Å². The van der Waals surface area contributed by atoms with Crippen molar-refractivity contribution in [2.75, 3.05) is 0 Å². The van der Waals surface area contributed by atoms with Crippen molar-refractivity contribution in [1.82, 2.24) is 0 Å². The quantitative estimate of drug-likeness (QED) is 0.163. The molecule has 44 N–H and O–H groups in total. The van der Waals surface area contributed by atoms with Crippen molar-refractivity contribution in [3.05, 3.63) is 72.8 Å². The van der Waals surface area contributed by atoms with Crippen LogP contribution < -0.4 is 0 Å². The molecule has 0 saturated heterocycles. The summed E-state index contributed by atoms with van der Waals surface area (Å²) in [6.45, 7) is 0. The van der Waals surface area contributed by atoms with E-state index in [0.717, 1.165) is 72.8 Å². The van der Waals surface area contributed by atoms with Gasteiger partial charge in [-0.15, -0.1) is 0 Å². The van der Waals surface area contributed by atoms with Gasteiger partial charge in [0.05, 0.1) is 29.4 Å². The molecule has 34 nitrogen and oxygen atoms in total. The van der Waals surface area contributed by atoms with E-state index in [1.807, 2.05) is 0 Å². The van der Waals surface area contributed by atoms with E-state index in [0.29, 0.717) is 0 Å². The van der Waals surface area contributed by atoms with Gasteiger partial charge in [0.15, 0.2) is 0 Å². The Morgan fingerprint density at radius 1 is 0.233 bits per heavy atom. The van der Waals surface area contributed by atoms with Crippen LogP contribution in [0, 0.1) is 77.2 Å². The molecule has 0 unspecified atom stereocenters. The van der Waals surface area contributed by atoms with E-state index < -0.39 is 90.1 Å². The van der Waals surface area contributed by atoms with E-state index in [1.54, 1.807) is 0 Å². The van der Waals surface area contributed by atoms with Gasteiger partial charge in [-0.1, -0.05) is 36.4 Å². The molecule has 3 aromatic rings. The van der Waals surface area contributed by atoms with E-state index in [1.165, 1.54) is 0 Å². The zero-order valence-electron chi connectivity index (χ0n) is 29.3. The van der Waals surface area contributed by atoms with Crippen molar-refractivity contribution in [1.29, 1.82) is 0 Å². The molecule has 3 rings (SSSR count). The standard InChI is InChI=1S/3C6H6O6S2.16H2O.2Tb/c3*7-13(8,9)5-3-1-2-4-6(5)14(10,11)12;;;;;;;;;;;;;;;;;;/h3*1-4H,(H,7,8,9)(H,10,11,12);16*1H2;;/q;;;;;;;;;;;;;;;;;;;2*+3/p+6. The van der Waals surface area contributed by atoms with Gasteiger partial charge in [-0.25, -0.2) is 50.5 Å². The monoisotopic (exact) mass is 1330 g/mol. The topological polar surface area (TPSA) is 865 Å². The maximum Gasteiger partial charge on any atom is 3.00 e. The maximum atomic E-state index is 10.5. The third kappa shape index (κ3) is 38.7. The zero-order chi connectivity index (χ0) is 32.9. The van der Waals surface area contributed by atoms with Crippen LogP contribution in [0.15, 0.2) is 102 Å². The van der Waals surface area contributed by atoms with Crippen molar-refractivity contribution >= 4 is 60.7 Å². The average Bonchev–Trinajstić information content (AvgIpc) is 2.82. The van der Waals surface area contributed by atoms with Crippen molar-refractivity contribution in [3.8, 4) is 0 Å². The molecule has 0 bridgehead atoms. The van der Waals surface area contributed by atoms with Crippen LogP contribution in [0.5, 0.6) is 0 Å². The van der Waals surface area contributed by atoms with Crippen LogP contribution in [0.2, 0.25) is 0 Å². The Kier molecular flexibility index (Phi) is 87.9. The molecule has 60 heavy (non-hydrogen) atoms. The predicted octanol–water partition coefficient (Wildman–Crippen LogP) is -15.9. The minimum atomic E-state index is -4.95. The predicted molar refractivity (Wildman–Crippen MR) is 200 cm³/mol. The molecule has 0 amide bonds. The first-order chi connectivity index (χ1) is 18.7. The number of hydrogen-bond acceptors (Lipinski definition) is 18. The average molecular weight is 1330 g/mol. The first-order valence-corrected chi connectivity index (χ1v) is 18.2. The molecule has 3 aromatic carbocycles. The Hall–Kier alpha value is -0.949. The van der Waals surface area contributed by atoms with Crippen LogP contribution in [0.1, 0.15) is 0 Å². The summed E-state index contributed by atoms with van der Waals surface area (Å²) < 4.78 is 190. The summed E-state index contributed by atoms with van der Waals surface area (Å²) in [5, 5.41) is 0. The van der Waals surface area contributed by atoms with Gasteiger partial charge >= 0.3 is 77.2 Å². The van der Waals surface area contributed by atoms with E-state index in [-0.39, 0.29) is 165 Å². The second kappa shape index (κ2) is 44.7. The third-order valence-electron chi connectivity index (χ3n) is 4.16. The summed E-state index contributed by atoms with van der Waals surface area (Å²) in [6, 6.07) is 11.5. The van der Waals surface area contributed by atoms with Crippen molar-refractivity contribution in [3.63, 3.8) is 0 Å². The Morgan fingerprint density at radius 3 is 0.350 bits per heavy atom. The minimum absolute atomic E-state index is 0. The fourth-order valence-electron chi connectivity index (χ4n) is 2.59. The van der Waals surface area contributed by atoms with Gasteiger partial charge in [-0.2, -0.15) is 0 Å². The summed E-state index contributed by atoms with van der Waals surface area (Å²) in [4.78, 5) is -6.11. The molecule has 42 heteroatoms. The Balaban J connectivity index is -0.0000000240. The first kappa shape index (κ1) is 118. The van der Waals surface area contributed by atoms with Crippen LogP contribution in [-0.2, 0) is 126 Å². The summed E-state index contributed by atoms with van der Waals surface area (Å²) in [5.74, 6) is 0. The van der Waals surface area contributed by atoms with Gasteiger partial charge in [-0.3, -0.25) is 0 Å². The van der Waals surface area contributed by atoms with Gasteiger partial charge in [0.2, 0.25) is 0 Å². The molecule has 0 atom stereocenters. The molecule has 0 fully saturated rings. The van der Waals surface area contributed by atoms with Crippen LogP contribution in [0.25, 0.3) is 0 Å². The molecular weight excluding hydrogens is 1270 g/mol. The summed E-state index contributed by atoms with van der Waals surface area (Å²) in [6.07, 6.45) is 0. The molecule has 0 radical (unpaired) electrons. The van der Waals surface area contributed by atoms with Crippen LogP contribution in [-0.4, -0.2) is 99.7 Å². The SMILES string of the molecule is O.O.O.O.O=S(=O)([O-])c1ccccc1S(=O)(=O)[O-].O=S(=O)([O-])c1ccccc1S(=O)(=O)[O-].O=S(=O)([O-])c1ccccc1S(=O)(=O)[O-].[OH3+].[OH3+].[OH3+].[OH3+].[OH3+].[OH3+].[OH3+].[OH3+].[OH3+].[OH3+].[OH3+].[OH3+].[Tb+3].[Tb+3]. The smallest absolute Gasteiger partial charge is 0.744 e. The molecule has 0 aliphatic rings. The Labute approximate surface area is 401 Å². The normalized spacial score (nSPS) is 8.90. The van der Waals surface area contributed by atoms with Crippen molar-refractivity contribution in [2.45, 2.75) is 29.4 Å². The second-order valence-electron chi connectivity index (χ2n) is 7.06. The van der Waals surface area contributed by atoms with Gasteiger partial charge in [-0.05, 0) is 36.4 Å². The summed E-state index contributed by atoms with van der Waals surface area (Å²) >= 11 is 0. The van der Waals surface area contributed by atoms with Crippen LogP contribution in [0.4, 0.5) is 0 Å². The molecular formula is C18H56O34S6Tb2+12. The van der Waals surface area contributed by atoms with Gasteiger partial charge in [0.1, 0.15) is 60.7 Å². The van der Waals surface area contributed by atoms with Crippen molar-refractivity contribution < 1.29 is 243 Å². The molecule has 0 heterocycles. The molecule has 0 aromatic heterocycles. The maximum absolute atomic E-state index is 10.5. The second-order valence-corrected chi connectivity index (χ2v) is 15.2.